The Morgan fingerprint density at radius 2 is 2.03 bits per heavy atom. The summed E-state index contributed by atoms with van der Waals surface area (Å²) in [7, 11) is 3.20. The van der Waals surface area contributed by atoms with Crippen molar-refractivity contribution in [3.63, 3.8) is 0 Å². The van der Waals surface area contributed by atoms with Crippen molar-refractivity contribution in [1.29, 1.82) is 0 Å². The van der Waals surface area contributed by atoms with E-state index >= 15 is 0 Å². The van der Waals surface area contributed by atoms with Crippen molar-refractivity contribution in [2.45, 2.75) is 19.4 Å². The summed E-state index contributed by atoms with van der Waals surface area (Å²) in [5.74, 6) is 1.04. The molecule has 5 rings (SSSR count). The van der Waals surface area contributed by atoms with Crippen LogP contribution in [0.15, 0.2) is 41.8 Å². The number of carbonyl (C=O) groups excluding carboxylic acids is 1. The number of aromatic amines is 1. The maximum Gasteiger partial charge on any atom is 0.228 e. The zero-order chi connectivity index (χ0) is 22.2. The highest BCUT2D eigenvalue weighted by Crippen LogP contribution is 2.34. The molecule has 0 spiro atoms. The molecule has 0 atom stereocenters. The zero-order valence-corrected chi connectivity index (χ0v) is 18.6. The average molecular weight is 452 g/mol. The van der Waals surface area contributed by atoms with Crippen LogP contribution in [0.4, 0.5) is 4.39 Å². The van der Waals surface area contributed by atoms with Crippen LogP contribution in [-0.4, -0.2) is 41.5 Å². The molecule has 0 aliphatic carbocycles. The highest BCUT2D eigenvalue weighted by Gasteiger charge is 2.25. The smallest absolute Gasteiger partial charge is 0.228 e. The normalized spacial score (nSPS) is 13.3. The van der Waals surface area contributed by atoms with E-state index in [1.54, 1.807) is 20.3 Å². The fourth-order valence-corrected chi connectivity index (χ4v) is 4.97. The topological polar surface area (TPSA) is 67.5 Å². The molecule has 0 saturated carbocycles. The molecule has 1 amide bonds. The number of benzene rings is 2. The number of ether oxygens (including phenoxy) is 2. The summed E-state index contributed by atoms with van der Waals surface area (Å²) in [5.41, 5.74) is 4.64. The molecule has 3 heterocycles. The van der Waals surface area contributed by atoms with Crippen molar-refractivity contribution >= 4 is 28.1 Å². The Balaban J connectivity index is 1.32. The minimum atomic E-state index is -0.270. The third kappa shape index (κ3) is 3.71. The van der Waals surface area contributed by atoms with Gasteiger partial charge in [-0.3, -0.25) is 4.79 Å². The summed E-state index contributed by atoms with van der Waals surface area (Å²) in [6.07, 6.45) is 0.959. The number of methoxy groups -OCH3 is 2. The Morgan fingerprint density at radius 3 is 2.84 bits per heavy atom. The van der Waals surface area contributed by atoms with Gasteiger partial charge in [0.05, 0.1) is 26.3 Å². The van der Waals surface area contributed by atoms with Crippen molar-refractivity contribution in [1.82, 2.24) is 14.9 Å². The van der Waals surface area contributed by atoms with Gasteiger partial charge < -0.3 is 19.4 Å². The van der Waals surface area contributed by atoms with Gasteiger partial charge in [0, 0.05) is 52.6 Å². The first-order valence-electron chi connectivity index (χ1n) is 10.3. The number of thiazole rings is 1. The van der Waals surface area contributed by atoms with Crippen LogP contribution in [0.5, 0.6) is 11.5 Å². The molecular formula is C24H22FN3O3S. The van der Waals surface area contributed by atoms with E-state index < -0.39 is 0 Å². The lowest BCUT2D eigenvalue weighted by molar-refractivity contribution is -0.131. The number of H-pyrrole nitrogens is 1. The number of carbonyl (C=O) groups is 1. The first-order chi connectivity index (χ1) is 15.6. The largest absolute Gasteiger partial charge is 0.493 e. The minimum Gasteiger partial charge on any atom is -0.493 e. The quantitative estimate of drug-likeness (QED) is 0.483. The van der Waals surface area contributed by atoms with E-state index in [2.05, 4.69) is 9.97 Å². The van der Waals surface area contributed by atoms with Crippen LogP contribution in [0.1, 0.15) is 17.0 Å². The van der Waals surface area contributed by atoms with Crippen molar-refractivity contribution in [2.24, 2.45) is 0 Å². The van der Waals surface area contributed by atoms with Gasteiger partial charge >= 0.3 is 0 Å². The Bertz CT molecular complexity index is 1310. The molecule has 0 bridgehead atoms. The number of amides is 1. The van der Waals surface area contributed by atoms with Crippen LogP contribution >= 0.6 is 11.3 Å². The Hall–Kier alpha value is -3.39. The number of hydrogen-bond acceptors (Lipinski definition) is 5. The number of aromatic nitrogens is 2. The fourth-order valence-electron chi connectivity index (χ4n) is 4.16. The predicted molar refractivity (Wildman–Crippen MR) is 122 cm³/mol. The molecule has 0 radical (unpaired) electrons. The molecule has 0 fully saturated rings. The van der Waals surface area contributed by atoms with Crippen molar-refractivity contribution in [3.05, 3.63) is 64.5 Å². The molecular weight excluding hydrogens is 429 g/mol. The summed E-state index contributed by atoms with van der Waals surface area (Å²) in [6.45, 7) is 1.11. The summed E-state index contributed by atoms with van der Waals surface area (Å²) < 4.78 is 24.4. The molecule has 0 unspecified atom stereocenters. The van der Waals surface area contributed by atoms with Crippen molar-refractivity contribution in [3.8, 4) is 22.1 Å². The van der Waals surface area contributed by atoms with Crippen LogP contribution in [0, 0.1) is 5.82 Å². The molecule has 1 N–H and O–H groups in total. The van der Waals surface area contributed by atoms with Crippen LogP contribution in [-0.2, 0) is 24.2 Å². The summed E-state index contributed by atoms with van der Waals surface area (Å²) in [5, 5.41) is 3.59. The van der Waals surface area contributed by atoms with Gasteiger partial charge in [0.1, 0.15) is 10.8 Å². The highest BCUT2D eigenvalue weighted by molar-refractivity contribution is 7.13. The molecule has 2 aromatic carbocycles. The predicted octanol–water partition coefficient (Wildman–Crippen LogP) is 4.58. The van der Waals surface area contributed by atoms with E-state index in [1.165, 1.54) is 23.5 Å². The number of rotatable bonds is 5. The third-order valence-electron chi connectivity index (χ3n) is 5.80. The van der Waals surface area contributed by atoms with Crippen LogP contribution in [0.2, 0.25) is 0 Å². The fraction of sp³-hybridized carbons (Fsp3) is 0.250. The lowest BCUT2D eigenvalue weighted by Gasteiger charge is -2.27. The molecule has 1 aliphatic heterocycles. The van der Waals surface area contributed by atoms with Gasteiger partial charge in [0.25, 0.3) is 0 Å². The molecule has 6 nitrogen and oxygen atoms in total. The van der Waals surface area contributed by atoms with Crippen molar-refractivity contribution < 1.29 is 18.7 Å². The number of nitrogens with zero attached hydrogens (tertiary/aromatic N) is 2. The second-order valence-corrected chi connectivity index (χ2v) is 8.59. The first kappa shape index (κ1) is 20.5. The highest BCUT2D eigenvalue weighted by atomic mass is 32.1. The molecule has 32 heavy (non-hydrogen) atoms. The Morgan fingerprint density at radius 1 is 1.19 bits per heavy atom. The van der Waals surface area contributed by atoms with Gasteiger partial charge in [0.2, 0.25) is 5.91 Å². The van der Waals surface area contributed by atoms with Gasteiger partial charge in [-0.05, 0) is 36.4 Å². The Labute approximate surface area is 188 Å². The van der Waals surface area contributed by atoms with Gasteiger partial charge in [-0.2, -0.15) is 0 Å². The number of hydrogen-bond donors (Lipinski definition) is 1. The van der Waals surface area contributed by atoms with Gasteiger partial charge in [-0.1, -0.05) is 0 Å². The molecule has 2 aromatic heterocycles. The molecule has 164 valence electrons. The zero-order valence-electron chi connectivity index (χ0n) is 17.8. The lowest BCUT2D eigenvalue weighted by Crippen LogP contribution is -2.36. The molecule has 0 saturated heterocycles. The van der Waals surface area contributed by atoms with E-state index in [9.17, 15) is 9.18 Å². The van der Waals surface area contributed by atoms with E-state index in [4.69, 9.17) is 9.47 Å². The van der Waals surface area contributed by atoms with Gasteiger partial charge in [-0.15, -0.1) is 11.3 Å². The lowest BCUT2D eigenvalue weighted by atomic mass is 10.0. The number of fused-ring (bicyclic) bond motifs is 3. The minimum absolute atomic E-state index is 0.0190. The van der Waals surface area contributed by atoms with E-state index in [-0.39, 0.29) is 18.1 Å². The SMILES string of the molecule is COc1ccc(-c2nc(CC(=O)N3CCc4[nH]c5ccc(F)cc5c4C3)cs2)cc1OC. The number of halogens is 1. The van der Waals surface area contributed by atoms with Crippen molar-refractivity contribution in [2.75, 3.05) is 20.8 Å². The summed E-state index contributed by atoms with van der Waals surface area (Å²) >= 11 is 1.49. The molecule has 1 aliphatic rings. The van der Waals surface area contributed by atoms with Crippen LogP contribution in [0.3, 0.4) is 0 Å². The second-order valence-electron chi connectivity index (χ2n) is 7.73. The number of nitrogens with one attached hydrogen (secondary N) is 1. The third-order valence-corrected chi connectivity index (χ3v) is 6.74. The van der Waals surface area contributed by atoms with Gasteiger partial charge in [-0.25, -0.2) is 9.37 Å². The average Bonchev–Trinajstić information content (AvgIpc) is 3.42. The van der Waals surface area contributed by atoms with E-state index in [0.717, 1.165) is 44.8 Å². The van der Waals surface area contributed by atoms with Gasteiger partial charge in [0.15, 0.2) is 11.5 Å². The summed E-state index contributed by atoms with van der Waals surface area (Å²) in [4.78, 5) is 22.8. The molecule has 8 heteroatoms. The monoisotopic (exact) mass is 451 g/mol. The van der Waals surface area contributed by atoms with Crippen LogP contribution in [0.25, 0.3) is 21.5 Å². The Kier molecular flexibility index (Phi) is 5.30. The standard InChI is InChI=1S/C24H22FN3O3S/c1-30-21-6-3-14(9-22(21)31-2)24-26-16(13-32-24)11-23(29)28-8-7-20-18(12-28)17-10-15(25)4-5-19(17)27-20/h3-6,9-10,13,27H,7-8,11-12H2,1-2H3. The van der Waals surface area contributed by atoms with E-state index in [1.807, 2.05) is 28.5 Å². The van der Waals surface area contributed by atoms with Crippen LogP contribution < -0.4 is 9.47 Å². The molecule has 4 aromatic rings. The first-order valence-corrected chi connectivity index (χ1v) is 11.2. The maximum absolute atomic E-state index is 13.7. The second kappa shape index (κ2) is 8.27. The van der Waals surface area contributed by atoms with E-state index in [0.29, 0.717) is 24.6 Å². The maximum atomic E-state index is 13.7. The summed E-state index contributed by atoms with van der Waals surface area (Å²) in [6, 6.07) is 10.4.